The first-order valence-corrected chi connectivity index (χ1v) is 9.62. The molecule has 6 atom stereocenters. The van der Waals surface area contributed by atoms with E-state index in [1.807, 2.05) is 0 Å². The third-order valence-corrected chi connectivity index (χ3v) is 8.26. The summed E-state index contributed by atoms with van der Waals surface area (Å²) in [6.07, 6.45) is 8.85. The number of carbonyl (C=O) groups is 2. The second-order valence-corrected chi connectivity index (χ2v) is 9.02. The maximum Gasteiger partial charge on any atom is 0.181 e. The number of ketones is 2. The number of Topliss-reactive ketones (excluding diaryl/α,β-unsaturated/α-hetero) is 1. The monoisotopic (exact) mass is 344 g/mol. The van der Waals surface area contributed by atoms with E-state index in [1.165, 1.54) is 6.08 Å². The van der Waals surface area contributed by atoms with Crippen LogP contribution in [0.25, 0.3) is 0 Å². The third-order valence-electron chi connectivity index (χ3n) is 8.26. The van der Waals surface area contributed by atoms with Crippen molar-refractivity contribution in [2.45, 2.75) is 52.4 Å². The van der Waals surface area contributed by atoms with Crippen LogP contribution in [0.15, 0.2) is 23.5 Å². The summed E-state index contributed by atoms with van der Waals surface area (Å²) >= 11 is 0. The first-order valence-electron chi connectivity index (χ1n) is 9.62. The maximum atomic E-state index is 12.3. The lowest BCUT2D eigenvalue weighted by molar-refractivity contribution is -0.132. The lowest BCUT2D eigenvalue weighted by atomic mass is 9.47. The number of fused-ring (bicyclic) bond motifs is 5. The van der Waals surface area contributed by atoms with Gasteiger partial charge in [0, 0.05) is 17.4 Å². The molecule has 0 aromatic carbocycles. The molecule has 0 aromatic heterocycles. The Kier molecular flexibility index (Phi) is 3.77. The van der Waals surface area contributed by atoms with Crippen molar-refractivity contribution in [3.05, 3.63) is 23.5 Å². The van der Waals surface area contributed by atoms with Crippen molar-refractivity contribution in [1.29, 1.82) is 0 Å². The Morgan fingerprint density at radius 1 is 1.16 bits per heavy atom. The number of aliphatic hydroxyl groups is 2. The smallest absolute Gasteiger partial charge is 0.181 e. The molecule has 4 aliphatic rings. The van der Waals surface area contributed by atoms with Gasteiger partial charge in [-0.1, -0.05) is 12.5 Å². The molecule has 4 heteroatoms. The van der Waals surface area contributed by atoms with Gasteiger partial charge in [-0.25, -0.2) is 0 Å². The number of rotatable bonds is 2. The highest BCUT2D eigenvalue weighted by atomic mass is 16.3. The van der Waals surface area contributed by atoms with Gasteiger partial charge in [-0.05, 0) is 74.7 Å². The van der Waals surface area contributed by atoms with E-state index < -0.39 is 5.41 Å². The van der Waals surface area contributed by atoms with Crippen molar-refractivity contribution < 1.29 is 19.8 Å². The Balaban J connectivity index is 1.69. The minimum absolute atomic E-state index is 0.00272. The van der Waals surface area contributed by atoms with Gasteiger partial charge in [0.25, 0.3) is 0 Å². The van der Waals surface area contributed by atoms with Crippen LogP contribution in [-0.2, 0) is 9.59 Å². The molecular weight excluding hydrogens is 316 g/mol. The van der Waals surface area contributed by atoms with E-state index in [4.69, 9.17) is 0 Å². The molecule has 0 radical (unpaired) electrons. The Hall–Kier alpha value is -1.42. The molecule has 0 bridgehead atoms. The van der Waals surface area contributed by atoms with Crippen molar-refractivity contribution in [2.24, 2.45) is 34.5 Å². The fourth-order valence-electron chi connectivity index (χ4n) is 6.94. The van der Waals surface area contributed by atoms with Crippen LogP contribution in [0.3, 0.4) is 0 Å². The van der Waals surface area contributed by atoms with Crippen LogP contribution in [0.2, 0.25) is 0 Å². The molecule has 0 aliphatic heterocycles. The number of aliphatic hydroxyl groups excluding tert-OH is 2. The summed E-state index contributed by atoms with van der Waals surface area (Å²) < 4.78 is 0. The molecule has 0 unspecified atom stereocenters. The molecule has 4 rings (SSSR count). The van der Waals surface area contributed by atoms with Crippen molar-refractivity contribution in [2.75, 3.05) is 6.61 Å². The SMILES string of the molecule is C[C@]12C(O)=CC(=O)C=C1CC[C@@H]1[C@@H]2CC[C@]2(C)[C@@H](C(=O)CO)CC[C@@H]12. The predicted octanol–water partition coefficient (Wildman–Crippen LogP) is 3.36. The number of hydrogen-bond acceptors (Lipinski definition) is 4. The maximum absolute atomic E-state index is 12.3. The summed E-state index contributed by atoms with van der Waals surface area (Å²) in [5, 5.41) is 20.0. The molecule has 0 spiro atoms. The Morgan fingerprint density at radius 2 is 1.92 bits per heavy atom. The van der Waals surface area contributed by atoms with Gasteiger partial charge in [-0.15, -0.1) is 0 Å². The first-order chi connectivity index (χ1) is 11.8. The van der Waals surface area contributed by atoms with E-state index in [-0.39, 0.29) is 35.3 Å². The fraction of sp³-hybridized carbons (Fsp3) is 0.714. The molecular formula is C21H28O4. The summed E-state index contributed by atoms with van der Waals surface area (Å²) in [4.78, 5) is 24.1. The zero-order chi connectivity index (χ0) is 18.0. The van der Waals surface area contributed by atoms with Crippen LogP contribution in [0, 0.1) is 34.5 Å². The van der Waals surface area contributed by atoms with E-state index in [9.17, 15) is 19.8 Å². The van der Waals surface area contributed by atoms with Gasteiger partial charge in [-0.2, -0.15) is 0 Å². The predicted molar refractivity (Wildman–Crippen MR) is 93.8 cm³/mol. The van der Waals surface area contributed by atoms with Crippen LogP contribution in [-0.4, -0.2) is 28.4 Å². The minimum atomic E-state index is -0.419. The summed E-state index contributed by atoms with van der Waals surface area (Å²) in [5.74, 6) is 1.38. The van der Waals surface area contributed by atoms with E-state index in [2.05, 4.69) is 13.8 Å². The Labute approximate surface area is 149 Å². The van der Waals surface area contributed by atoms with E-state index >= 15 is 0 Å². The van der Waals surface area contributed by atoms with Crippen molar-refractivity contribution >= 4 is 11.6 Å². The van der Waals surface area contributed by atoms with Gasteiger partial charge in [0.15, 0.2) is 11.6 Å². The van der Waals surface area contributed by atoms with Crippen molar-refractivity contribution in [3.63, 3.8) is 0 Å². The van der Waals surface area contributed by atoms with Gasteiger partial charge in [0.05, 0.1) is 0 Å². The number of allylic oxidation sites excluding steroid dienone is 3. The molecule has 25 heavy (non-hydrogen) atoms. The van der Waals surface area contributed by atoms with Gasteiger partial charge < -0.3 is 10.2 Å². The van der Waals surface area contributed by atoms with Gasteiger partial charge in [0.1, 0.15) is 12.4 Å². The quantitative estimate of drug-likeness (QED) is 0.805. The number of hydrogen-bond donors (Lipinski definition) is 2. The van der Waals surface area contributed by atoms with Crippen molar-refractivity contribution in [3.8, 4) is 0 Å². The second-order valence-electron chi connectivity index (χ2n) is 9.02. The fourth-order valence-corrected chi connectivity index (χ4v) is 6.94. The highest BCUT2D eigenvalue weighted by Gasteiger charge is 2.61. The molecule has 4 nitrogen and oxygen atoms in total. The highest BCUT2D eigenvalue weighted by molar-refractivity contribution is 6.01. The molecule has 3 fully saturated rings. The normalized spacial score (nSPS) is 45.8. The zero-order valence-electron chi connectivity index (χ0n) is 15.1. The number of carbonyl (C=O) groups excluding carboxylic acids is 2. The molecule has 0 heterocycles. The van der Waals surface area contributed by atoms with Crippen LogP contribution in [0.5, 0.6) is 0 Å². The lowest BCUT2D eigenvalue weighted by Crippen LogP contribution is -2.51. The zero-order valence-corrected chi connectivity index (χ0v) is 15.1. The summed E-state index contributed by atoms with van der Waals surface area (Å²) in [7, 11) is 0. The third kappa shape index (κ3) is 2.16. The lowest BCUT2D eigenvalue weighted by Gasteiger charge is -2.57. The molecule has 2 N–H and O–H groups in total. The van der Waals surface area contributed by atoms with Gasteiger partial charge >= 0.3 is 0 Å². The van der Waals surface area contributed by atoms with Crippen molar-refractivity contribution in [1.82, 2.24) is 0 Å². The van der Waals surface area contributed by atoms with Crippen LogP contribution >= 0.6 is 0 Å². The highest BCUT2D eigenvalue weighted by Crippen LogP contribution is 2.66. The first kappa shape index (κ1) is 17.0. The summed E-state index contributed by atoms with van der Waals surface area (Å²) in [6, 6.07) is 0. The second kappa shape index (κ2) is 5.54. The van der Waals surface area contributed by atoms with E-state index in [0.29, 0.717) is 17.8 Å². The molecule has 0 aromatic rings. The molecule has 0 saturated heterocycles. The molecule has 3 saturated carbocycles. The Morgan fingerprint density at radius 3 is 2.64 bits per heavy atom. The largest absolute Gasteiger partial charge is 0.511 e. The molecule has 4 aliphatic carbocycles. The van der Waals surface area contributed by atoms with E-state index in [1.54, 1.807) is 6.08 Å². The minimum Gasteiger partial charge on any atom is -0.511 e. The molecule has 136 valence electrons. The Bertz CT molecular complexity index is 690. The van der Waals surface area contributed by atoms with Crippen LogP contribution in [0.1, 0.15) is 52.4 Å². The summed E-state index contributed by atoms with van der Waals surface area (Å²) in [6.45, 7) is 3.99. The topological polar surface area (TPSA) is 74.6 Å². The average Bonchev–Trinajstić information content (AvgIpc) is 2.93. The summed E-state index contributed by atoms with van der Waals surface area (Å²) in [5.41, 5.74) is 0.642. The van der Waals surface area contributed by atoms with Gasteiger partial charge in [0.2, 0.25) is 0 Å². The van der Waals surface area contributed by atoms with Crippen LogP contribution < -0.4 is 0 Å². The van der Waals surface area contributed by atoms with Crippen LogP contribution in [0.4, 0.5) is 0 Å². The van der Waals surface area contributed by atoms with E-state index in [0.717, 1.165) is 44.1 Å². The standard InChI is InChI=1S/C21H28O4/c1-20-8-7-16-14(15(20)5-6-17(20)18(24)11-22)4-3-12-9-13(23)10-19(25)21(12,16)2/h9-10,14-17,22,25H,3-8,11H2,1-2H3/t14-,15-,16-,17+,20-,21-/m0/s1. The van der Waals surface area contributed by atoms with Gasteiger partial charge in [-0.3, -0.25) is 9.59 Å². The average molecular weight is 344 g/mol. The molecule has 0 amide bonds.